The number of aryl methyl sites for hydroxylation is 1. The van der Waals surface area contributed by atoms with Crippen molar-refractivity contribution in [2.24, 2.45) is 0 Å². The first kappa shape index (κ1) is 15.0. The van der Waals surface area contributed by atoms with Crippen molar-refractivity contribution in [2.75, 3.05) is 12.0 Å². The van der Waals surface area contributed by atoms with Crippen molar-refractivity contribution in [3.05, 3.63) is 64.2 Å². The molecule has 0 unspecified atom stereocenters. The molecule has 0 spiro atoms. The van der Waals surface area contributed by atoms with E-state index in [1.165, 1.54) is 13.2 Å². The Morgan fingerprint density at radius 2 is 1.57 bits per heavy atom. The topological polar surface area (TPSA) is 63.7 Å². The number of imide groups is 1. The lowest BCUT2D eigenvalue weighted by Crippen LogP contribution is -2.29. The Morgan fingerprint density at radius 1 is 1.00 bits per heavy atom. The molecular formula is C18H15NO4. The zero-order chi connectivity index (χ0) is 16.7. The summed E-state index contributed by atoms with van der Waals surface area (Å²) in [5.41, 5.74) is 3.03. The summed E-state index contributed by atoms with van der Waals surface area (Å²) in [4.78, 5) is 38.1. The maximum Gasteiger partial charge on any atom is 0.338 e. The number of methoxy groups -OCH3 is 1. The number of nitrogens with zero attached hydrogens (tertiary/aromatic N) is 1. The molecule has 2 amide bonds. The lowest BCUT2D eigenvalue weighted by molar-refractivity contribution is 0.0599. The van der Waals surface area contributed by atoms with Crippen LogP contribution in [0.5, 0.6) is 0 Å². The number of esters is 1. The van der Waals surface area contributed by atoms with Crippen LogP contribution in [0.3, 0.4) is 0 Å². The van der Waals surface area contributed by atoms with Gasteiger partial charge in [-0.1, -0.05) is 12.1 Å². The van der Waals surface area contributed by atoms with Crippen LogP contribution in [0.4, 0.5) is 5.69 Å². The smallest absolute Gasteiger partial charge is 0.338 e. The first-order valence-corrected chi connectivity index (χ1v) is 7.13. The standard InChI is InChI=1S/C18H15NO4/c1-10-8-12(9-15(11(10)2)18(22)23-3)19-16(20)13-6-4-5-7-14(13)17(19)21/h4-9H,1-3H3. The van der Waals surface area contributed by atoms with E-state index in [4.69, 9.17) is 4.74 Å². The van der Waals surface area contributed by atoms with Crippen molar-refractivity contribution >= 4 is 23.5 Å². The molecule has 0 radical (unpaired) electrons. The van der Waals surface area contributed by atoms with Gasteiger partial charge >= 0.3 is 5.97 Å². The van der Waals surface area contributed by atoms with Gasteiger partial charge in [0.25, 0.3) is 11.8 Å². The van der Waals surface area contributed by atoms with Gasteiger partial charge in [0.1, 0.15) is 0 Å². The second kappa shape index (κ2) is 5.35. The zero-order valence-corrected chi connectivity index (χ0v) is 13.0. The Bertz CT molecular complexity index is 819. The van der Waals surface area contributed by atoms with E-state index in [-0.39, 0.29) is 11.8 Å². The summed E-state index contributed by atoms with van der Waals surface area (Å²) in [6, 6.07) is 9.93. The van der Waals surface area contributed by atoms with Crippen LogP contribution in [0.15, 0.2) is 36.4 Å². The summed E-state index contributed by atoms with van der Waals surface area (Å²) in [5, 5.41) is 0. The SMILES string of the molecule is COC(=O)c1cc(N2C(=O)c3ccccc3C2=O)cc(C)c1C. The highest BCUT2D eigenvalue weighted by Gasteiger charge is 2.36. The molecule has 116 valence electrons. The monoisotopic (exact) mass is 309 g/mol. The maximum absolute atomic E-state index is 12.5. The number of hydrogen-bond donors (Lipinski definition) is 0. The second-order valence-corrected chi connectivity index (χ2v) is 5.42. The summed E-state index contributed by atoms with van der Waals surface area (Å²) < 4.78 is 4.78. The van der Waals surface area contributed by atoms with Crippen LogP contribution in [0.1, 0.15) is 42.2 Å². The number of fused-ring (bicyclic) bond motifs is 1. The molecule has 0 atom stereocenters. The normalized spacial score (nSPS) is 13.3. The van der Waals surface area contributed by atoms with E-state index in [0.29, 0.717) is 22.4 Å². The van der Waals surface area contributed by atoms with Gasteiger partial charge in [0.15, 0.2) is 0 Å². The highest BCUT2D eigenvalue weighted by Crippen LogP contribution is 2.31. The molecule has 0 aromatic heterocycles. The molecule has 0 fully saturated rings. The van der Waals surface area contributed by atoms with Gasteiger partial charge < -0.3 is 4.74 Å². The lowest BCUT2D eigenvalue weighted by Gasteiger charge is -2.17. The minimum Gasteiger partial charge on any atom is -0.465 e. The molecule has 1 aliphatic heterocycles. The van der Waals surface area contributed by atoms with Gasteiger partial charge in [-0.25, -0.2) is 9.69 Å². The quantitative estimate of drug-likeness (QED) is 0.632. The first-order valence-electron chi connectivity index (χ1n) is 7.13. The number of rotatable bonds is 2. The van der Waals surface area contributed by atoms with E-state index < -0.39 is 5.97 Å². The van der Waals surface area contributed by atoms with Crippen LogP contribution in [0, 0.1) is 13.8 Å². The second-order valence-electron chi connectivity index (χ2n) is 5.42. The molecule has 3 rings (SSSR count). The number of anilines is 1. The van der Waals surface area contributed by atoms with Crippen LogP contribution in [0.2, 0.25) is 0 Å². The van der Waals surface area contributed by atoms with E-state index >= 15 is 0 Å². The Labute approximate surface area is 133 Å². The largest absolute Gasteiger partial charge is 0.465 e. The molecule has 0 bridgehead atoms. The number of ether oxygens (including phenoxy) is 1. The lowest BCUT2D eigenvalue weighted by atomic mass is 10.0. The van der Waals surface area contributed by atoms with Crippen LogP contribution in [0.25, 0.3) is 0 Å². The van der Waals surface area contributed by atoms with Gasteiger partial charge in [0.05, 0.1) is 29.5 Å². The molecule has 1 aliphatic rings. The number of benzene rings is 2. The summed E-state index contributed by atoms with van der Waals surface area (Å²) in [7, 11) is 1.30. The molecule has 2 aromatic carbocycles. The fraction of sp³-hybridized carbons (Fsp3) is 0.167. The minimum absolute atomic E-state index is 0.346. The van der Waals surface area contributed by atoms with Gasteiger partial charge in [-0.2, -0.15) is 0 Å². The number of hydrogen-bond acceptors (Lipinski definition) is 4. The summed E-state index contributed by atoms with van der Waals surface area (Å²) in [6.07, 6.45) is 0. The molecule has 23 heavy (non-hydrogen) atoms. The van der Waals surface area contributed by atoms with Gasteiger partial charge in [-0.05, 0) is 49.2 Å². The highest BCUT2D eigenvalue weighted by atomic mass is 16.5. The van der Waals surface area contributed by atoms with E-state index in [2.05, 4.69) is 0 Å². The summed E-state index contributed by atoms with van der Waals surface area (Å²) >= 11 is 0. The van der Waals surface area contributed by atoms with Crippen molar-refractivity contribution in [3.8, 4) is 0 Å². The van der Waals surface area contributed by atoms with E-state index in [1.54, 1.807) is 37.3 Å². The van der Waals surface area contributed by atoms with E-state index in [1.807, 2.05) is 6.92 Å². The molecular weight excluding hydrogens is 294 g/mol. The number of carbonyl (C=O) groups excluding carboxylic acids is 3. The first-order chi connectivity index (χ1) is 11.0. The average molecular weight is 309 g/mol. The van der Waals surface area contributed by atoms with Crippen LogP contribution < -0.4 is 4.90 Å². The van der Waals surface area contributed by atoms with Crippen molar-refractivity contribution in [3.63, 3.8) is 0 Å². The predicted molar refractivity (Wildman–Crippen MR) is 84.8 cm³/mol. The van der Waals surface area contributed by atoms with Gasteiger partial charge in [0, 0.05) is 0 Å². The van der Waals surface area contributed by atoms with E-state index in [9.17, 15) is 14.4 Å². The Kier molecular flexibility index (Phi) is 3.48. The van der Waals surface area contributed by atoms with Crippen LogP contribution in [-0.2, 0) is 4.74 Å². The van der Waals surface area contributed by atoms with Crippen LogP contribution in [-0.4, -0.2) is 24.9 Å². The molecule has 2 aromatic rings. The van der Waals surface area contributed by atoms with Crippen LogP contribution >= 0.6 is 0 Å². The molecule has 1 heterocycles. The van der Waals surface area contributed by atoms with Gasteiger partial charge in [-0.15, -0.1) is 0 Å². The highest BCUT2D eigenvalue weighted by molar-refractivity contribution is 6.34. The summed E-state index contributed by atoms with van der Waals surface area (Å²) in [5.74, 6) is -1.27. The van der Waals surface area contributed by atoms with Gasteiger partial charge in [-0.3, -0.25) is 9.59 Å². The maximum atomic E-state index is 12.5. The van der Waals surface area contributed by atoms with Gasteiger partial charge in [0.2, 0.25) is 0 Å². The molecule has 0 saturated heterocycles. The molecule has 0 saturated carbocycles. The van der Waals surface area contributed by atoms with Crippen molar-refractivity contribution < 1.29 is 19.1 Å². The van der Waals surface area contributed by atoms with E-state index in [0.717, 1.165) is 16.0 Å². The molecule has 0 aliphatic carbocycles. The minimum atomic E-state index is -0.496. The zero-order valence-electron chi connectivity index (χ0n) is 13.0. The molecule has 5 heteroatoms. The Hall–Kier alpha value is -2.95. The third-order valence-corrected chi connectivity index (χ3v) is 4.11. The fourth-order valence-electron chi connectivity index (χ4n) is 2.72. The fourth-order valence-corrected chi connectivity index (χ4v) is 2.72. The third-order valence-electron chi connectivity index (χ3n) is 4.11. The average Bonchev–Trinajstić information content (AvgIpc) is 2.81. The van der Waals surface area contributed by atoms with Crippen molar-refractivity contribution in [2.45, 2.75) is 13.8 Å². The summed E-state index contributed by atoms with van der Waals surface area (Å²) in [6.45, 7) is 3.62. The third kappa shape index (κ3) is 2.21. The molecule has 0 N–H and O–H groups in total. The Morgan fingerprint density at radius 3 is 2.09 bits per heavy atom. The van der Waals surface area contributed by atoms with Crippen molar-refractivity contribution in [1.29, 1.82) is 0 Å². The predicted octanol–water partition coefficient (Wildman–Crippen LogP) is 2.89. The number of carbonyl (C=O) groups is 3. The van der Waals surface area contributed by atoms with Crippen molar-refractivity contribution in [1.82, 2.24) is 0 Å². The number of amides is 2. The molecule has 5 nitrogen and oxygen atoms in total. The Balaban J connectivity index is 2.14.